The minimum atomic E-state index is 0.759. The Labute approximate surface area is 90.3 Å². The molecule has 1 aliphatic heterocycles. The fraction of sp³-hybridized carbons (Fsp3) is 0.727. The van der Waals surface area contributed by atoms with Gasteiger partial charge >= 0.3 is 0 Å². The molecule has 1 saturated carbocycles. The van der Waals surface area contributed by atoms with E-state index in [1.165, 1.54) is 18.5 Å². The highest BCUT2D eigenvalue weighted by Crippen LogP contribution is 2.34. The molecule has 1 aromatic rings. The number of hydrogen-bond donors (Lipinski definition) is 1. The third-order valence-electron chi connectivity index (χ3n) is 3.22. The molecule has 1 aromatic heterocycles. The average Bonchev–Trinajstić information content (AvgIpc) is 3.02. The third-order valence-corrected chi connectivity index (χ3v) is 3.22. The molecule has 1 aliphatic carbocycles. The predicted molar refractivity (Wildman–Crippen MR) is 58.6 cm³/mol. The van der Waals surface area contributed by atoms with Crippen molar-refractivity contribution in [3.8, 4) is 0 Å². The van der Waals surface area contributed by atoms with Crippen LogP contribution in [0.2, 0.25) is 0 Å². The summed E-state index contributed by atoms with van der Waals surface area (Å²) in [6.07, 6.45) is 6.89. The molecule has 0 unspecified atom stereocenters. The fourth-order valence-electron chi connectivity index (χ4n) is 2.13. The van der Waals surface area contributed by atoms with Crippen LogP contribution in [0.5, 0.6) is 0 Å². The highest BCUT2D eigenvalue weighted by atomic mass is 15.2. The largest absolute Gasteiger partial charge is 0.334 e. The molecular formula is C11H18N4. The number of nitrogens with zero attached hydrogens (tertiary/aromatic N) is 3. The van der Waals surface area contributed by atoms with Crippen molar-refractivity contribution >= 4 is 0 Å². The molecule has 0 atom stereocenters. The lowest BCUT2D eigenvalue weighted by Crippen LogP contribution is -2.42. The van der Waals surface area contributed by atoms with E-state index in [-0.39, 0.29) is 0 Å². The van der Waals surface area contributed by atoms with Crippen LogP contribution in [0.4, 0.5) is 0 Å². The van der Waals surface area contributed by atoms with Gasteiger partial charge in [0.25, 0.3) is 0 Å². The summed E-state index contributed by atoms with van der Waals surface area (Å²) in [5, 5.41) is 3.37. The molecular weight excluding hydrogens is 188 g/mol. The molecule has 3 rings (SSSR count). The monoisotopic (exact) mass is 206 g/mol. The Morgan fingerprint density at radius 2 is 2.13 bits per heavy atom. The Bertz CT molecular complexity index is 323. The van der Waals surface area contributed by atoms with Gasteiger partial charge in [0.15, 0.2) is 0 Å². The Balaban J connectivity index is 1.60. The third kappa shape index (κ3) is 2.21. The summed E-state index contributed by atoms with van der Waals surface area (Å²) in [5.74, 6) is 0. The smallest absolute Gasteiger partial charge is 0.0952 e. The van der Waals surface area contributed by atoms with Gasteiger partial charge in [-0.25, -0.2) is 4.98 Å². The van der Waals surface area contributed by atoms with Gasteiger partial charge in [0.2, 0.25) is 0 Å². The minimum Gasteiger partial charge on any atom is -0.334 e. The van der Waals surface area contributed by atoms with Crippen molar-refractivity contribution in [1.29, 1.82) is 0 Å². The summed E-state index contributed by atoms with van der Waals surface area (Å²) in [6, 6.07) is 0.759. The van der Waals surface area contributed by atoms with Gasteiger partial charge in [-0.2, -0.15) is 0 Å². The maximum Gasteiger partial charge on any atom is 0.0952 e. The van der Waals surface area contributed by atoms with Crippen LogP contribution < -0.4 is 5.32 Å². The molecule has 82 valence electrons. The number of hydrogen-bond acceptors (Lipinski definition) is 3. The normalized spacial score (nSPS) is 23.2. The Hall–Kier alpha value is -0.870. The molecule has 1 N–H and O–H groups in total. The van der Waals surface area contributed by atoms with Crippen LogP contribution in [-0.4, -0.2) is 40.6 Å². The molecule has 0 spiro atoms. The van der Waals surface area contributed by atoms with E-state index in [0.717, 1.165) is 38.8 Å². The lowest BCUT2D eigenvalue weighted by Gasteiger charge is -2.26. The molecule has 0 aromatic carbocycles. The highest BCUT2D eigenvalue weighted by molar-refractivity contribution is 5.00. The maximum absolute atomic E-state index is 4.47. The van der Waals surface area contributed by atoms with Gasteiger partial charge in [0.1, 0.15) is 0 Å². The Morgan fingerprint density at radius 1 is 1.33 bits per heavy atom. The van der Waals surface area contributed by atoms with E-state index in [0.29, 0.717) is 0 Å². The Kier molecular flexibility index (Phi) is 2.46. The Morgan fingerprint density at radius 3 is 2.87 bits per heavy atom. The minimum absolute atomic E-state index is 0.759. The van der Waals surface area contributed by atoms with Gasteiger partial charge in [-0.3, -0.25) is 4.90 Å². The zero-order chi connectivity index (χ0) is 10.1. The number of aromatic nitrogens is 2. The SMILES string of the molecule is c1nc(CN2CCNCC2)cn1C1CC1. The summed E-state index contributed by atoms with van der Waals surface area (Å²) < 4.78 is 2.28. The lowest BCUT2D eigenvalue weighted by atomic mass is 10.3. The van der Waals surface area contributed by atoms with E-state index < -0.39 is 0 Å². The van der Waals surface area contributed by atoms with Gasteiger partial charge in [-0.15, -0.1) is 0 Å². The molecule has 15 heavy (non-hydrogen) atoms. The summed E-state index contributed by atoms with van der Waals surface area (Å²) in [4.78, 5) is 6.94. The van der Waals surface area contributed by atoms with Crippen LogP contribution >= 0.6 is 0 Å². The molecule has 2 aliphatic rings. The first-order valence-corrected chi connectivity index (χ1v) is 5.87. The zero-order valence-electron chi connectivity index (χ0n) is 9.02. The first-order chi connectivity index (χ1) is 7.42. The van der Waals surface area contributed by atoms with Gasteiger partial charge in [0.05, 0.1) is 12.0 Å². The topological polar surface area (TPSA) is 33.1 Å². The maximum atomic E-state index is 4.47. The van der Waals surface area contributed by atoms with Gasteiger partial charge in [-0.1, -0.05) is 0 Å². The van der Waals surface area contributed by atoms with Gasteiger partial charge in [-0.05, 0) is 12.8 Å². The first-order valence-electron chi connectivity index (χ1n) is 5.87. The van der Waals surface area contributed by atoms with E-state index in [4.69, 9.17) is 0 Å². The summed E-state index contributed by atoms with van der Waals surface area (Å²) >= 11 is 0. The molecule has 0 amide bonds. The van der Waals surface area contributed by atoms with Crippen LogP contribution in [0.25, 0.3) is 0 Å². The highest BCUT2D eigenvalue weighted by Gasteiger charge is 2.23. The van der Waals surface area contributed by atoms with Crippen molar-refractivity contribution in [2.24, 2.45) is 0 Å². The second-order valence-electron chi connectivity index (χ2n) is 4.57. The number of nitrogens with one attached hydrogen (secondary N) is 1. The van der Waals surface area contributed by atoms with Crippen LogP contribution in [0.3, 0.4) is 0 Å². The van der Waals surface area contributed by atoms with E-state index in [1.807, 2.05) is 6.33 Å². The first kappa shape index (κ1) is 9.36. The summed E-state index contributed by atoms with van der Waals surface area (Å²) in [5.41, 5.74) is 1.23. The quantitative estimate of drug-likeness (QED) is 0.787. The van der Waals surface area contributed by atoms with Crippen LogP contribution in [0, 0.1) is 0 Å². The van der Waals surface area contributed by atoms with Crippen molar-refractivity contribution in [3.63, 3.8) is 0 Å². The van der Waals surface area contributed by atoms with E-state index in [9.17, 15) is 0 Å². The van der Waals surface area contributed by atoms with E-state index in [1.54, 1.807) is 0 Å². The molecule has 2 heterocycles. The van der Waals surface area contributed by atoms with E-state index in [2.05, 4.69) is 26.0 Å². The van der Waals surface area contributed by atoms with Crippen LogP contribution in [0.15, 0.2) is 12.5 Å². The lowest BCUT2D eigenvalue weighted by molar-refractivity contribution is 0.231. The summed E-state index contributed by atoms with van der Waals surface area (Å²) in [6.45, 7) is 5.54. The predicted octanol–water partition coefficient (Wildman–Crippen LogP) is 0.623. The molecule has 0 radical (unpaired) electrons. The molecule has 4 nitrogen and oxygen atoms in total. The number of imidazole rings is 1. The van der Waals surface area contributed by atoms with Crippen molar-refractivity contribution in [3.05, 3.63) is 18.2 Å². The molecule has 0 bridgehead atoms. The number of piperazine rings is 1. The second-order valence-corrected chi connectivity index (χ2v) is 4.57. The second kappa shape index (κ2) is 3.94. The van der Waals surface area contributed by atoms with Crippen LogP contribution in [0.1, 0.15) is 24.6 Å². The average molecular weight is 206 g/mol. The van der Waals surface area contributed by atoms with Gasteiger partial charge < -0.3 is 9.88 Å². The standard InChI is InChI=1S/C11H18N4/c1-2-11(1)15-8-10(13-9-15)7-14-5-3-12-4-6-14/h8-9,11-12H,1-7H2. The van der Waals surface area contributed by atoms with Crippen LogP contribution in [-0.2, 0) is 6.54 Å². The zero-order valence-corrected chi connectivity index (χ0v) is 9.02. The molecule has 1 saturated heterocycles. The fourth-order valence-corrected chi connectivity index (χ4v) is 2.13. The van der Waals surface area contributed by atoms with Gasteiger partial charge in [0, 0.05) is 45.0 Å². The van der Waals surface area contributed by atoms with Crippen molar-refractivity contribution < 1.29 is 0 Å². The van der Waals surface area contributed by atoms with Crippen molar-refractivity contribution in [2.45, 2.75) is 25.4 Å². The summed E-state index contributed by atoms with van der Waals surface area (Å²) in [7, 11) is 0. The molecule has 4 heteroatoms. The van der Waals surface area contributed by atoms with E-state index >= 15 is 0 Å². The molecule has 2 fully saturated rings. The van der Waals surface area contributed by atoms with Crippen molar-refractivity contribution in [2.75, 3.05) is 26.2 Å². The number of rotatable bonds is 3. The van der Waals surface area contributed by atoms with Crippen molar-refractivity contribution in [1.82, 2.24) is 19.8 Å².